The summed E-state index contributed by atoms with van der Waals surface area (Å²) in [6.07, 6.45) is 0. The number of ether oxygens (including phenoxy) is 2. The Morgan fingerprint density at radius 3 is 2.76 bits per heavy atom. The molecule has 0 radical (unpaired) electrons. The predicted octanol–water partition coefficient (Wildman–Crippen LogP) is 2.82. The van der Waals surface area contributed by atoms with E-state index in [2.05, 4.69) is 0 Å². The van der Waals surface area contributed by atoms with Gasteiger partial charge in [0.15, 0.2) is 17.3 Å². The van der Waals surface area contributed by atoms with E-state index >= 15 is 0 Å². The molecule has 6 heteroatoms. The first-order chi connectivity index (χ1) is 10.1. The van der Waals surface area contributed by atoms with E-state index in [4.69, 9.17) is 9.47 Å². The molecule has 21 heavy (non-hydrogen) atoms. The average molecular weight is 288 g/mol. The minimum absolute atomic E-state index is 0.00904. The lowest BCUT2D eigenvalue weighted by Gasteiger charge is -2.10. The van der Waals surface area contributed by atoms with Crippen LogP contribution >= 0.6 is 0 Å². The summed E-state index contributed by atoms with van der Waals surface area (Å²) < 4.78 is 24.9. The number of aromatic hydroxyl groups is 1. The summed E-state index contributed by atoms with van der Waals surface area (Å²) >= 11 is 0. The highest BCUT2D eigenvalue weighted by molar-refractivity contribution is 5.58. The van der Waals surface area contributed by atoms with Crippen LogP contribution < -0.4 is 9.47 Å². The Hall–Kier alpha value is -2.63. The fourth-order valence-corrected chi connectivity index (χ4v) is 2.92. The fourth-order valence-electron chi connectivity index (χ4n) is 2.92. The number of halogens is 1. The van der Waals surface area contributed by atoms with Gasteiger partial charge in [-0.1, -0.05) is 12.1 Å². The minimum Gasteiger partial charge on any atom is -0.507 e. The Labute approximate surface area is 119 Å². The van der Waals surface area contributed by atoms with Gasteiger partial charge in [-0.3, -0.25) is 0 Å². The number of hydrogen-bond acceptors (Lipinski definition) is 4. The second kappa shape index (κ2) is 4.18. The predicted molar refractivity (Wildman–Crippen MR) is 70.6 cm³/mol. The van der Waals surface area contributed by atoms with Crippen molar-refractivity contribution in [3.05, 3.63) is 52.2 Å². The van der Waals surface area contributed by atoms with Crippen LogP contribution in [0.2, 0.25) is 0 Å². The third kappa shape index (κ3) is 1.68. The van der Waals surface area contributed by atoms with Crippen LogP contribution in [-0.4, -0.2) is 23.2 Å². The van der Waals surface area contributed by atoms with E-state index in [1.54, 1.807) is 18.2 Å². The lowest BCUT2D eigenvalue weighted by molar-refractivity contribution is -0.455. The molecule has 0 bridgehead atoms. The second-order valence-electron chi connectivity index (χ2n) is 5.06. The molecule has 2 heterocycles. The zero-order valence-corrected chi connectivity index (χ0v) is 10.9. The molecule has 1 N–H and O–H groups in total. The van der Waals surface area contributed by atoms with Crippen LogP contribution in [0.15, 0.2) is 30.3 Å². The van der Waals surface area contributed by atoms with Gasteiger partial charge in [0, 0.05) is 26.9 Å². The van der Waals surface area contributed by atoms with E-state index in [-0.39, 0.29) is 24.8 Å². The summed E-state index contributed by atoms with van der Waals surface area (Å²) in [5, 5.41) is 10.2. The van der Waals surface area contributed by atoms with Gasteiger partial charge in [-0.2, -0.15) is 4.39 Å². The van der Waals surface area contributed by atoms with Crippen molar-refractivity contribution >= 4 is 5.69 Å². The molecule has 1 atom stereocenters. The minimum atomic E-state index is -0.551. The Balaban J connectivity index is 1.87. The molecule has 2 aliphatic rings. The zero-order valence-electron chi connectivity index (χ0n) is 10.9. The first kappa shape index (κ1) is 12.1. The van der Waals surface area contributed by atoms with Gasteiger partial charge in [0.25, 0.3) is 5.69 Å². The second-order valence-corrected chi connectivity index (χ2v) is 5.06. The normalized spacial score (nSPS) is 18.9. The SMILES string of the molecule is O=[N+]1CC(c2cc3c(cc2O)OCO3)c2cccc(F)c21. The number of para-hydroxylation sites is 1. The maximum atomic E-state index is 13.8. The molecule has 2 aromatic rings. The summed E-state index contributed by atoms with van der Waals surface area (Å²) in [6.45, 7) is 0.158. The molecule has 106 valence electrons. The molecule has 0 saturated carbocycles. The van der Waals surface area contributed by atoms with Crippen molar-refractivity contribution in [2.75, 3.05) is 13.3 Å². The van der Waals surface area contributed by atoms with E-state index in [1.165, 1.54) is 12.1 Å². The van der Waals surface area contributed by atoms with Crippen LogP contribution in [0.1, 0.15) is 17.0 Å². The van der Waals surface area contributed by atoms with Crippen molar-refractivity contribution in [3.63, 3.8) is 0 Å². The highest BCUT2D eigenvalue weighted by Gasteiger charge is 2.42. The molecule has 0 aromatic heterocycles. The topological polar surface area (TPSA) is 58.8 Å². The standard InChI is InChI=1S/C15H10FNO4/c16-11-3-1-2-8-10(6-17(19)15(8)11)9-4-13-14(5-12(9)18)21-7-20-13/h1-5,10H,6-7H2/p+1. The molecule has 1 unspecified atom stereocenters. The molecule has 0 aliphatic carbocycles. The van der Waals surface area contributed by atoms with Gasteiger partial charge in [0.1, 0.15) is 5.75 Å². The van der Waals surface area contributed by atoms with E-state index in [1.807, 2.05) is 0 Å². The highest BCUT2D eigenvalue weighted by Crippen LogP contribution is 2.46. The van der Waals surface area contributed by atoms with Crippen molar-refractivity contribution in [2.45, 2.75) is 5.92 Å². The average Bonchev–Trinajstić information content (AvgIpc) is 3.03. The summed E-state index contributed by atoms with van der Waals surface area (Å²) in [4.78, 5) is 12.0. The fraction of sp³-hybridized carbons (Fsp3) is 0.200. The molecule has 0 amide bonds. The summed E-state index contributed by atoms with van der Waals surface area (Å²) in [7, 11) is 0. The molecule has 5 nitrogen and oxygen atoms in total. The first-order valence-electron chi connectivity index (χ1n) is 6.50. The third-order valence-electron chi connectivity index (χ3n) is 3.89. The number of phenolic OH excluding ortho intramolecular Hbond substituents is 1. The zero-order chi connectivity index (χ0) is 14.6. The molecule has 2 aromatic carbocycles. The number of rotatable bonds is 1. The Kier molecular flexibility index (Phi) is 2.42. The number of hydrogen-bond donors (Lipinski definition) is 1. The number of phenols is 1. The molecular formula is C15H11FNO4+. The molecule has 0 saturated heterocycles. The van der Waals surface area contributed by atoms with Crippen LogP contribution in [-0.2, 0) is 0 Å². The molecule has 0 spiro atoms. The summed E-state index contributed by atoms with van der Waals surface area (Å²) in [6, 6.07) is 7.63. The monoisotopic (exact) mass is 288 g/mol. The van der Waals surface area contributed by atoms with Gasteiger partial charge in [-0.05, 0) is 12.1 Å². The van der Waals surface area contributed by atoms with E-state index in [0.29, 0.717) is 27.4 Å². The van der Waals surface area contributed by atoms with Crippen LogP contribution in [0.4, 0.5) is 10.1 Å². The van der Waals surface area contributed by atoms with Crippen LogP contribution in [0.5, 0.6) is 17.2 Å². The first-order valence-corrected chi connectivity index (χ1v) is 6.50. The number of nitroso groups, excluding NO2 is 1. The number of fused-ring (bicyclic) bond motifs is 2. The van der Waals surface area contributed by atoms with Crippen molar-refractivity contribution in [3.8, 4) is 17.2 Å². The smallest absolute Gasteiger partial charge is 0.295 e. The third-order valence-corrected chi connectivity index (χ3v) is 3.89. The van der Waals surface area contributed by atoms with Crippen molar-refractivity contribution in [1.29, 1.82) is 0 Å². The lowest BCUT2D eigenvalue weighted by Crippen LogP contribution is -2.05. The van der Waals surface area contributed by atoms with Gasteiger partial charge >= 0.3 is 0 Å². The van der Waals surface area contributed by atoms with E-state index < -0.39 is 11.7 Å². The van der Waals surface area contributed by atoms with Crippen LogP contribution in [0, 0.1) is 10.7 Å². The van der Waals surface area contributed by atoms with Crippen molar-refractivity contribution in [2.24, 2.45) is 0 Å². The van der Waals surface area contributed by atoms with E-state index in [0.717, 1.165) is 0 Å². The van der Waals surface area contributed by atoms with E-state index in [9.17, 15) is 14.4 Å². The van der Waals surface area contributed by atoms with Crippen LogP contribution in [0.3, 0.4) is 0 Å². The summed E-state index contributed by atoms with van der Waals surface area (Å²) in [5.74, 6) is 0.0421. The molecular weight excluding hydrogens is 277 g/mol. The lowest BCUT2D eigenvalue weighted by atomic mass is 9.92. The van der Waals surface area contributed by atoms with Crippen LogP contribution in [0.25, 0.3) is 0 Å². The highest BCUT2D eigenvalue weighted by atomic mass is 19.1. The molecule has 2 aliphatic heterocycles. The Bertz CT molecular complexity index is 775. The summed E-state index contributed by atoms with van der Waals surface area (Å²) in [5.41, 5.74) is 1.14. The Morgan fingerprint density at radius 1 is 1.19 bits per heavy atom. The van der Waals surface area contributed by atoms with Gasteiger partial charge in [0.2, 0.25) is 13.3 Å². The van der Waals surface area contributed by atoms with Gasteiger partial charge in [-0.15, -0.1) is 0 Å². The largest absolute Gasteiger partial charge is 0.507 e. The molecule has 0 fully saturated rings. The van der Waals surface area contributed by atoms with Crippen molar-refractivity contribution in [1.82, 2.24) is 0 Å². The molecule has 4 rings (SSSR count). The maximum absolute atomic E-state index is 13.8. The van der Waals surface area contributed by atoms with Gasteiger partial charge in [0.05, 0.1) is 5.92 Å². The number of benzene rings is 2. The van der Waals surface area contributed by atoms with Gasteiger partial charge in [-0.25, -0.2) is 0 Å². The van der Waals surface area contributed by atoms with Gasteiger partial charge < -0.3 is 14.6 Å². The Morgan fingerprint density at radius 2 is 1.95 bits per heavy atom. The quantitative estimate of drug-likeness (QED) is 0.820. The van der Waals surface area contributed by atoms with Crippen molar-refractivity contribution < 1.29 is 23.7 Å². The maximum Gasteiger partial charge on any atom is 0.295 e. The number of nitrogens with zero attached hydrogens (tertiary/aromatic N) is 1.